The van der Waals surface area contributed by atoms with Gasteiger partial charge in [-0.1, -0.05) is 23.7 Å². The third kappa shape index (κ3) is 3.06. The molecule has 2 aromatic heterocycles. The fourth-order valence-electron chi connectivity index (χ4n) is 1.80. The first-order valence-electron chi connectivity index (χ1n) is 6.11. The van der Waals surface area contributed by atoms with Crippen LogP contribution in [0.2, 0.25) is 5.15 Å². The first-order valence-corrected chi connectivity index (χ1v) is 6.49. The van der Waals surface area contributed by atoms with E-state index in [0.29, 0.717) is 5.69 Å². The number of carbonyl (C=O) groups is 1. The molecule has 0 unspecified atom stereocenters. The van der Waals surface area contributed by atoms with Crippen LogP contribution in [0.15, 0.2) is 48.9 Å². The summed E-state index contributed by atoms with van der Waals surface area (Å²) in [5.41, 5.74) is 2.71. The number of amides is 1. The van der Waals surface area contributed by atoms with Crippen LogP contribution in [0.5, 0.6) is 0 Å². The number of carbonyl (C=O) groups excluding carboxylic acids is 1. The molecule has 0 saturated carbocycles. The summed E-state index contributed by atoms with van der Waals surface area (Å²) in [6.07, 6.45) is 4.42. The Morgan fingerprint density at radius 2 is 1.95 bits per heavy atom. The number of nitrogens with zero attached hydrogens (tertiary/aromatic N) is 3. The summed E-state index contributed by atoms with van der Waals surface area (Å²) in [6, 6.07) is 9.23. The highest BCUT2D eigenvalue weighted by Crippen LogP contribution is 2.19. The number of H-pyrrole nitrogens is 1. The fourth-order valence-corrected chi connectivity index (χ4v) is 1.94. The Kier molecular flexibility index (Phi) is 3.61. The van der Waals surface area contributed by atoms with Gasteiger partial charge in [-0.25, -0.2) is 4.98 Å². The van der Waals surface area contributed by atoms with Crippen LogP contribution >= 0.6 is 11.6 Å². The van der Waals surface area contributed by atoms with Crippen molar-refractivity contribution in [3.05, 3.63) is 59.8 Å². The van der Waals surface area contributed by atoms with Gasteiger partial charge in [-0.05, 0) is 23.8 Å². The van der Waals surface area contributed by atoms with Crippen molar-refractivity contribution in [3.8, 4) is 11.3 Å². The molecule has 104 valence electrons. The SMILES string of the molecule is O=C(Nc1ccc(-c2ccn[nH]2)cc1)c1cncc(Cl)n1. The standard InChI is InChI=1S/C14H10ClN5O/c15-13-8-16-7-12(19-13)14(21)18-10-3-1-9(2-4-10)11-5-6-17-20-11/h1-8H,(H,17,20)(H,18,21). The average Bonchev–Trinajstić information content (AvgIpc) is 3.02. The Balaban J connectivity index is 1.75. The second kappa shape index (κ2) is 5.72. The van der Waals surface area contributed by atoms with E-state index in [1.165, 1.54) is 12.4 Å². The van der Waals surface area contributed by atoms with E-state index in [0.717, 1.165) is 11.3 Å². The van der Waals surface area contributed by atoms with Crippen LogP contribution in [-0.2, 0) is 0 Å². The van der Waals surface area contributed by atoms with Gasteiger partial charge >= 0.3 is 0 Å². The highest BCUT2D eigenvalue weighted by atomic mass is 35.5. The number of benzene rings is 1. The van der Waals surface area contributed by atoms with Gasteiger partial charge in [0.2, 0.25) is 0 Å². The predicted molar refractivity (Wildman–Crippen MR) is 79.0 cm³/mol. The van der Waals surface area contributed by atoms with Gasteiger partial charge in [-0.3, -0.25) is 14.9 Å². The Hall–Kier alpha value is -2.73. The van der Waals surface area contributed by atoms with Gasteiger partial charge in [0.15, 0.2) is 0 Å². The van der Waals surface area contributed by atoms with E-state index in [1.54, 1.807) is 18.3 Å². The second-order valence-electron chi connectivity index (χ2n) is 4.23. The third-order valence-corrected chi connectivity index (χ3v) is 2.97. The molecular formula is C14H10ClN5O. The maximum atomic E-state index is 12.0. The van der Waals surface area contributed by atoms with Crippen LogP contribution in [0.3, 0.4) is 0 Å². The minimum absolute atomic E-state index is 0.167. The zero-order chi connectivity index (χ0) is 14.7. The predicted octanol–water partition coefficient (Wildman–Crippen LogP) is 2.77. The molecule has 7 heteroatoms. The minimum Gasteiger partial charge on any atom is -0.321 e. The van der Waals surface area contributed by atoms with Crippen LogP contribution in [0.1, 0.15) is 10.5 Å². The number of nitrogens with one attached hydrogen (secondary N) is 2. The van der Waals surface area contributed by atoms with Gasteiger partial charge < -0.3 is 5.32 Å². The van der Waals surface area contributed by atoms with E-state index in [2.05, 4.69) is 25.5 Å². The summed E-state index contributed by atoms with van der Waals surface area (Å²) < 4.78 is 0. The molecule has 2 N–H and O–H groups in total. The quantitative estimate of drug-likeness (QED) is 0.779. The summed E-state index contributed by atoms with van der Waals surface area (Å²) in [5, 5.41) is 9.68. The van der Waals surface area contributed by atoms with E-state index in [-0.39, 0.29) is 16.8 Å². The molecule has 1 aromatic carbocycles. The molecule has 0 radical (unpaired) electrons. The van der Waals surface area contributed by atoms with E-state index in [1.807, 2.05) is 18.2 Å². The van der Waals surface area contributed by atoms with Crippen molar-refractivity contribution in [1.82, 2.24) is 20.2 Å². The lowest BCUT2D eigenvalue weighted by Gasteiger charge is -2.05. The van der Waals surface area contributed by atoms with Crippen LogP contribution in [0.25, 0.3) is 11.3 Å². The fraction of sp³-hybridized carbons (Fsp3) is 0. The van der Waals surface area contributed by atoms with Crippen LogP contribution in [0.4, 0.5) is 5.69 Å². The van der Waals surface area contributed by atoms with Crippen molar-refractivity contribution >= 4 is 23.2 Å². The smallest absolute Gasteiger partial charge is 0.275 e. The molecule has 0 saturated heterocycles. The lowest BCUT2D eigenvalue weighted by molar-refractivity contribution is 0.102. The summed E-state index contributed by atoms with van der Waals surface area (Å²) >= 11 is 5.71. The Bertz CT molecular complexity index is 755. The minimum atomic E-state index is -0.362. The van der Waals surface area contributed by atoms with Crippen LogP contribution < -0.4 is 5.32 Å². The maximum absolute atomic E-state index is 12.0. The lowest BCUT2D eigenvalue weighted by atomic mass is 10.1. The molecule has 0 fully saturated rings. The molecule has 3 rings (SSSR count). The zero-order valence-electron chi connectivity index (χ0n) is 10.7. The number of halogens is 1. The largest absolute Gasteiger partial charge is 0.321 e. The average molecular weight is 300 g/mol. The first-order chi connectivity index (χ1) is 10.2. The van der Waals surface area contributed by atoms with Crippen molar-refractivity contribution in [2.75, 3.05) is 5.32 Å². The summed E-state index contributed by atoms with van der Waals surface area (Å²) in [4.78, 5) is 19.7. The highest BCUT2D eigenvalue weighted by molar-refractivity contribution is 6.29. The third-order valence-electron chi connectivity index (χ3n) is 2.79. The number of anilines is 1. The molecule has 0 atom stereocenters. The van der Waals surface area contributed by atoms with E-state index < -0.39 is 0 Å². The van der Waals surface area contributed by atoms with Gasteiger partial charge in [-0.15, -0.1) is 0 Å². The monoisotopic (exact) mass is 299 g/mol. The number of aromatic amines is 1. The van der Waals surface area contributed by atoms with Crippen molar-refractivity contribution in [2.24, 2.45) is 0 Å². The Labute approximate surface area is 125 Å². The van der Waals surface area contributed by atoms with Crippen LogP contribution in [0, 0.1) is 0 Å². The molecular weight excluding hydrogens is 290 g/mol. The highest BCUT2D eigenvalue weighted by Gasteiger charge is 2.09. The van der Waals surface area contributed by atoms with Crippen molar-refractivity contribution in [1.29, 1.82) is 0 Å². The van der Waals surface area contributed by atoms with Crippen molar-refractivity contribution < 1.29 is 4.79 Å². The van der Waals surface area contributed by atoms with Gasteiger partial charge in [0.05, 0.1) is 18.1 Å². The molecule has 0 bridgehead atoms. The molecule has 0 spiro atoms. The number of hydrogen-bond donors (Lipinski definition) is 2. The number of aromatic nitrogens is 4. The number of rotatable bonds is 3. The molecule has 1 amide bonds. The van der Waals surface area contributed by atoms with Crippen LogP contribution in [-0.4, -0.2) is 26.1 Å². The number of hydrogen-bond acceptors (Lipinski definition) is 4. The normalized spacial score (nSPS) is 10.3. The maximum Gasteiger partial charge on any atom is 0.275 e. The van der Waals surface area contributed by atoms with Gasteiger partial charge in [0, 0.05) is 11.9 Å². The van der Waals surface area contributed by atoms with Gasteiger partial charge in [0.25, 0.3) is 5.91 Å². The van der Waals surface area contributed by atoms with E-state index >= 15 is 0 Å². The van der Waals surface area contributed by atoms with E-state index in [4.69, 9.17) is 11.6 Å². The van der Waals surface area contributed by atoms with Gasteiger partial charge in [-0.2, -0.15) is 5.10 Å². The second-order valence-corrected chi connectivity index (χ2v) is 4.62. The first kappa shape index (κ1) is 13.3. The molecule has 21 heavy (non-hydrogen) atoms. The molecule has 6 nitrogen and oxygen atoms in total. The molecule has 0 aliphatic rings. The Morgan fingerprint density at radius 1 is 1.14 bits per heavy atom. The van der Waals surface area contributed by atoms with Gasteiger partial charge in [0.1, 0.15) is 10.8 Å². The topological polar surface area (TPSA) is 83.6 Å². The zero-order valence-corrected chi connectivity index (χ0v) is 11.5. The molecule has 0 aliphatic heterocycles. The van der Waals surface area contributed by atoms with E-state index in [9.17, 15) is 4.79 Å². The molecule has 0 aliphatic carbocycles. The molecule has 3 aromatic rings. The summed E-state index contributed by atoms with van der Waals surface area (Å²) in [5.74, 6) is -0.362. The summed E-state index contributed by atoms with van der Waals surface area (Å²) in [7, 11) is 0. The van der Waals surface area contributed by atoms with Crippen molar-refractivity contribution in [2.45, 2.75) is 0 Å². The molecule has 2 heterocycles. The summed E-state index contributed by atoms with van der Waals surface area (Å²) in [6.45, 7) is 0. The lowest BCUT2D eigenvalue weighted by Crippen LogP contribution is -2.13. The Morgan fingerprint density at radius 3 is 2.62 bits per heavy atom. The van der Waals surface area contributed by atoms with Crippen molar-refractivity contribution in [3.63, 3.8) is 0 Å².